The minimum Gasteiger partial charge on any atom is -0.302 e. The van der Waals surface area contributed by atoms with Gasteiger partial charge in [-0.1, -0.05) is 54.9 Å². The van der Waals surface area contributed by atoms with Crippen LogP contribution in [0.2, 0.25) is 0 Å². The monoisotopic (exact) mass is 665 g/mol. The topological polar surface area (TPSA) is 110 Å². The van der Waals surface area contributed by atoms with Crippen LogP contribution in [0.4, 0.5) is 0 Å². The number of nitrogens with zero attached hydrogens (tertiary/aromatic N) is 2. The van der Waals surface area contributed by atoms with Crippen LogP contribution in [0.3, 0.4) is 0 Å². The van der Waals surface area contributed by atoms with Crippen molar-refractivity contribution in [2.75, 3.05) is 52.5 Å². The molecule has 0 saturated heterocycles. The van der Waals surface area contributed by atoms with E-state index in [1.54, 1.807) is 0 Å². The average Bonchev–Trinajstić information content (AvgIpc) is 3.00. The summed E-state index contributed by atoms with van der Waals surface area (Å²) in [7, 11) is 0. The molecule has 0 aliphatic carbocycles. The highest BCUT2D eigenvalue weighted by atomic mass is 16.7. The molecule has 0 rings (SSSR count). The van der Waals surface area contributed by atoms with Crippen molar-refractivity contribution in [1.29, 1.82) is 0 Å². The Morgan fingerprint density at radius 1 is 0.783 bits per heavy atom. The molecule has 0 aromatic rings. The number of hydroxylamine groups is 8. The van der Waals surface area contributed by atoms with Crippen LogP contribution in [0.15, 0.2) is 0 Å². The Hall–Kier alpha value is -0.480. The van der Waals surface area contributed by atoms with E-state index in [0.717, 1.165) is 32.2 Å². The summed E-state index contributed by atoms with van der Waals surface area (Å²) in [6.07, 6.45) is 5.14. The van der Waals surface area contributed by atoms with Gasteiger partial charge in [0.05, 0.1) is 43.7 Å². The number of hydrogen-bond acceptors (Lipinski definition) is 12. The predicted molar refractivity (Wildman–Crippen MR) is 187 cm³/mol. The van der Waals surface area contributed by atoms with Crippen LogP contribution in [0.25, 0.3) is 0 Å². The smallest absolute Gasteiger partial charge is 0.139 e. The lowest BCUT2D eigenvalue weighted by atomic mass is 9.81. The summed E-state index contributed by atoms with van der Waals surface area (Å²) < 4.78 is 0. The van der Waals surface area contributed by atoms with Gasteiger partial charge in [-0.2, -0.15) is 21.1 Å². The molecule has 0 bridgehead atoms. The molecule has 0 saturated carbocycles. The third-order valence-corrected chi connectivity index (χ3v) is 7.36. The fourth-order valence-corrected chi connectivity index (χ4v) is 4.68. The van der Waals surface area contributed by atoms with E-state index in [0.29, 0.717) is 64.8 Å². The Labute approximate surface area is 283 Å². The van der Waals surface area contributed by atoms with Gasteiger partial charge in [0.1, 0.15) is 5.66 Å². The third kappa shape index (κ3) is 19.5. The summed E-state index contributed by atoms with van der Waals surface area (Å²) >= 11 is 0. The minimum atomic E-state index is -0.900. The van der Waals surface area contributed by atoms with Gasteiger partial charge in [0.15, 0.2) is 0 Å². The lowest BCUT2D eigenvalue weighted by molar-refractivity contribution is -0.303. The Bertz CT molecular complexity index is 702. The van der Waals surface area contributed by atoms with E-state index >= 15 is 0 Å². The molecule has 0 heterocycles. The summed E-state index contributed by atoms with van der Waals surface area (Å²) in [5, 5.41) is 4.09. The fourth-order valence-electron chi connectivity index (χ4n) is 4.68. The Balaban J connectivity index is 7.01. The molecule has 278 valence electrons. The summed E-state index contributed by atoms with van der Waals surface area (Å²) in [6, 6.07) is -0.292. The van der Waals surface area contributed by atoms with Gasteiger partial charge in [-0.25, -0.2) is 11.0 Å². The molecule has 0 aliphatic heterocycles. The molecule has 0 spiro atoms. The molecule has 12 nitrogen and oxygen atoms in total. The SMILES string of the molecule is CCCCON(CC)CCC(NOC(C)C)C(NOC(C)CC)(C(CCNOC(C)(C)C)CNOCC(C)C)N(CC)OCCC. The Morgan fingerprint density at radius 3 is 2.04 bits per heavy atom. The molecule has 12 heteroatoms. The van der Waals surface area contributed by atoms with Crippen molar-refractivity contribution in [3.05, 3.63) is 0 Å². The highest BCUT2D eigenvalue weighted by Crippen LogP contribution is 2.33. The summed E-state index contributed by atoms with van der Waals surface area (Å²) in [5.74, 6) is 0.284. The van der Waals surface area contributed by atoms with E-state index < -0.39 is 5.66 Å². The molecule has 0 amide bonds. The zero-order valence-electron chi connectivity index (χ0n) is 32.1. The largest absolute Gasteiger partial charge is 0.302 e. The second-order valence-electron chi connectivity index (χ2n) is 13.8. The van der Waals surface area contributed by atoms with Crippen LogP contribution in [0.1, 0.15) is 129 Å². The maximum Gasteiger partial charge on any atom is 0.139 e. The van der Waals surface area contributed by atoms with Crippen LogP contribution in [-0.2, 0) is 29.0 Å². The van der Waals surface area contributed by atoms with Gasteiger partial charge in [-0.3, -0.25) is 24.2 Å². The first-order valence-corrected chi connectivity index (χ1v) is 18.2. The van der Waals surface area contributed by atoms with Crippen LogP contribution < -0.4 is 21.9 Å². The van der Waals surface area contributed by atoms with Gasteiger partial charge in [0, 0.05) is 38.6 Å². The Kier molecular flexibility index (Phi) is 26.1. The first-order chi connectivity index (χ1) is 21.8. The zero-order chi connectivity index (χ0) is 35.0. The molecule has 4 atom stereocenters. The molecule has 0 aromatic carbocycles. The zero-order valence-corrected chi connectivity index (χ0v) is 32.1. The van der Waals surface area contributed by atoms with E-state index in [1.807, 2.05) is 44.7 Å². The van der Waals surface area contributed by atoms with Gasteiger partial charge in [0.2, 0.25) is 0 Å². The van der Waals surface area contributed by atoms with E-state index in [1.165, 1.54) is 0 Å². The lowest BCUT2D eigenvalue weighted by Crippen LogP contribution is -2.74. The maximum absolute atomic E-state index is 6.59. The van der Waals surface area contributed by atoms with Crippen molar-refractivity contribution in [3.8, 4) is 0 Å². The number of unbranched alkanes of at least 4 members (excludes halogenated alkanes) is 1. The molecule has 46 heavy (non-hydrogen) atoms. The maximum atomic E-state index is 6.59. The molecule has 0 radical (unpaired) electrons. The number of hydrogen-bond donors (Lipinski definition) is 4. The molecular formula is C34H76N6O6. The molecule has 0 fully saturated rings. The van der Waals surface area contributed by atoms with Gasteiger partial charge in [-0.05, 0) is 79.6 Å². The Morgan fingerprint density at radius 2 is 1.50 bits per heavy atom. The number of likely N-dealkylation sites (N-methyl/N-ethyl adjacent to an activating group) is 1. The summed E-state index contributed by atoms with van der Waals surface area (Å²) in [6.45, 7) is 32.2. The van der Waals surface area contributed by atoms with Crippen LogP contribution in [0, 0.1) is 11.8 Å². The summed E-state index contributed by atoms with van der Waals surface area (Å²) in [5.41, 5.74) is 12.4. The highest BCUT2D eigenvalue weighted by molar-refractivity contribution is 5.00. The van der Waals surface area contributed by atoms with Crippen LogP contribution in [0.5, 0.6) is 0 Å². The second kappa shape index (κ2) is 26.4. The van der Waals surface area contributed by atoms with E-state index in [9.17, 15) is 0 Å². The van der Waals surface area contributed by atoms with Crippen LogP contribution >= 0.6 is 0 Å². The minimum absolute atomic E-state index is 0.0337. The third-order valence-electron chi connectivity index (χ3n) is 7.36. The van der Waals surface area contributed by atoms with Crippen LogP contribution in [-0.4, -0.2) is 92.2 Å². The molecule has 4 N–H and O–H groups in total. The quantitative estimate of drug-likeness (QED) is 0.0402. The van der Waals surface area contributed by atoms with E-state index in [4.69, 9.17) is 29.0 Å². The van der Waals surface area contributed by atoms with Gasteiger partial charge in [-0.15, -0.1) is 0 Å². The van der Waals surface area contributed by atoms with Crippen molar-refractivity contribution in [2.45, 2.75) is 158 Å². The van der Waals surface area contributed by atoms with Crippen molar-refractivity contribution in [1.82, 2.24) is 32.0 Å². The van der Waals surface area contributed by atoms with Crippen molar-refractivity contribution in [3.63, 3.8) is 0 Å². The van der Waals surface area contributed by atoms with Crippen molar-refractivity contribution >= 4 is 0 Å². The first kappa shape index (κ1) is 45.5. The second-order valence-corrected chi connectivity index (χ2v) is 13.8. The van der Waals surface area contributed by atoms with Gasteiger partial charge in [0.25, 0.3) is 0 Å². The fraction of sp³-hybridized carbons (Fsp3) is 1.00. The normalized spacial score (nSPS) is 16.1. The molecule has 0 aromatic heterocycles. The molecular weight excluding hydrogens is 588 g/mol. The van der Waals surface area contributed by atoms with Crippen molar-refractivity contribution in [2.24, 2.45) is 11.8 Å². The highest BCUT2D eigenvalue weighted by Gasteiger charge is 2.51. The van der Waals surface area contributed by atoms with Crippen molar-refractivity contribution < 1.29 is 29.0 Å². The molecule has 0 aliphatic rings. The van der Waals surface area contributed by atoms with E-state index in [2.05, 4.69) is 77.3 Å². The van der Waals surface area contributed by atoms with E-state index in [-0.39, 0.29) is 29.8 Å². The summed E-state index contributed by atoms with van der Waals surface area (Å²) in [4.78, 5) is 37.3. The number of nitrogens with one attached hydrogen (secondary N) is 4. The van der Waals surface area contributed by atoms with Gasteiger partial charge >= 0.3 is 0 Å². The lowest BCUT2D eigenvalue weighted by Gasteiger charge is -2.52. The standard InChI is InChI=1S/C34H76N6O6/c1-14-19-25-42-39(17-4)23-21-32(37-44-29(8)9)34(38-45-30(10)16-3,40(18-5)43-24-15-2)31(26-36-41-27-28(6)7)20-22-35-46-33(11,12)13/h28-32,35-38H,14-27H2,1-13H3. The average molecular weight is 665 g/mol. The predicted octanol–water partition coefficient (Wildman–Crippen LogP) is 5.91. The molecule has 4 unspecified atom stereocenters. The first-order valence-electron chi connectivity index (χ1n) is 18.2. The number of rotatable bonds is 31. The van der Waals surface area contributed by atoms with Gasteiger partial charge < -0.3 is 4.84 Å².